The van der Waals surface area contributed by atoms with Crippen LogP contribution in [-0.2, 0) is 14.4 Å². The van der Waals surface area contributed by atoms with Gasteiger partial charge < -0.3 is 16.4 Å². The summed E-state index contributed by atoms with van der Waals surface area (Å²) in [4.78, 5) is 35.0. The van der Waals surface area contributed by atoms with Gasteiger partial charge in [0.15, 0.2) is 0 Å². The molecule has 1 aromatic carbocycles. The predicted molar refractivity (Wildman–Crippen MR) is 95.8 cm³/mol. The molecule has 3 amide bonds. The molecule has 2 saturated carbocycles. The molecule has 6 heteroatoms. The summed E-state index contributed by atoms with van der Waals surface area (Å²) in [5.41, 5.74) is 6.75. The van der Waals surface area contributed by atoms with Crippen LogP contribution >= 0.6 is 0 Å². The fraction of sp³-hybridized carbons (Fsp3) is 0.526. The first kappa shape index (κ1) is 17.5. The summed E-state index contributed by atoms with van der Waals surface area (Å²) in [7, 11) is 0. The Morgan fingerprint density at radius 1 is 1.08 bits per heavy atom. The first-order valence-electron chi connectivity index (χ1n) is 8.95. The van der Waals surface area contributed by atoms with Gasteiger partial charge in [0.2, 0.25) is 17.7 Å². The molecular formula is C19H25N3O3. The van der Waals surface area contributed by atoms with Crippen molar-refractivity contribution >= 4 is 29.1 Å². The van der Waals surface area contributed by atoms with Crippen LogP contribution in [0.1, 0.15) is 51.4 Å². The maximum absolute atomic E-state index is 12.5. The molecule has 2 fully saturated rings. The molecule has 0 heterocycles. The zero-order valence-corrected chi connectivity index (χ0v) is 14.3. The van der Waals surface area contributed by atoms with E-state index in [1.807, 2.05) is 6.07 Å². The lowest BCUT2D eigenvalue weighted by Crippen LogP contribution is -2.28. The number of hydrogen-bond donors (Lipinski definition) is 3. The lowest BCUT2D eigenvalue weighted by Gasteiger charge is -2.38. The summed E-state index contributed by atoms with van der Waals surface area (Å²) < 4.78 is 0. The van der Waals surface area contributed by atoms with Crippen LogP contribution in [0, 0.1) is 11.3 Å². The van der Waals surface area contributed by atoms with Gasteiger partial charge in [-0.15, -0.1) is 0 Å². The summed E-state index contributed by atoms with van der Waals surface area (Å²) in [5, 5.41) is 5.68. The molecule has 3 rings (SSSR count). The van der Waals surface area contributed by atoms with Gasteiger partial charge in [-0.3, -0.25) is 14.4 Å². The lowest BCUT2D eigenvalue weighted by molar-refractivity contribution is -0.122. The Balaban J connectivity index is 1.53. The van der Waals surface area contributed by atoms with Crippen LogP contribution < -0.4 is 16.4 Å². The number of nitrogens with two attached hydrogens (primary N) is 1. The van der Waals surface area contributed by atoms with E-state index in [0.29, 0.717) is 16.8 Å². The van der Waals surface area contributed by atoms with Gasteiger partial charge in [-0.2, -0.15) is 0 Å². The number of anilines is 2. The van der Waals surface area contributed by atoms with E-state index in [4.69, 9.17) is 5.73 Å². The number of nitrogens with one attached hydrogen (secondary N) is 2. The van der Waals surface area contributed by atoms with Crippen LogP contribution in [-0.4, -0.2) is 17.7 Å². The Labute approximate surface area is 147 Å². The number of carbonyl (C=O) groups is 3. The van der Waals surface area contributed by atoms with Crippen LogP contribution in [0.25, 0.3) is 0 Å². The van der Waals surface area contributed by atoms with Gasteiger partial charge in [0, 0.05) is 30.1 Å². The SMILES string of the molecule is NC(=O)CCC(=O)Nc1cccc(NC(=O)C2CCC3(CCC3)C2)c1. The third kappa shape index (κ3) is 4.38. The maximum Gasteiger partial charge on any atom is 0.227 e. The van der Waals surface area contributed by atoms with E-state index in [9.17, 15) is 14.4 Å². The van der Waals surface area contributed by atoms with Gasteiger partial charge in [0.25, 0.3) is 0 Å². The van der Waals surface area contributed by atoms with E-state index < -0.39 is 5.91 Å². The van der Waals surface area contributed by atoms with Crippen LogP contribution in [0.15, 0.2) is 24.3 Å². The highest BCUT2D eigenvalue weighted by molar-refractivity contribution is 5.96. The van der Waals surface area contributed by atoms with E-state index in [0.717, 1.165) is 12.8 Å². The van der Waals surface area contributed by atoms with Gasteiger partial charge >= 0.3 is 0 Å². The third-order valence-electron chi connectivity index (χ3n) is 5.50. The molecule has 1 atom stereocenters. The second-order valence-corrected chi connectivity index (χ2v) is 7.38. The van der Waals surface area contributed by atoms with Crippen molar-refractivity contribution < 1.29 is 14.4 Å². The first-order chi connectivity index (χ1) is 12.0. The number of primary amides is 1. The topological polar surface area (TPSA) is 101 Å². The molecule has 0 saturated heterocycles. The normalized spacial score (nSPS) is 20.7. The van der Waals surface area contributed by atoms with Gasteiger partial charge in [-0.25, -0.2) is 0 Å². The van der Waals surface area contributed by atoms with E-state index in [1.165, 1.54) is 25.7 Å². The van der Waals surface area contributed by atoms with E-state index in [-0.39, 0.29) is 30.6 Å². The average Bonchev–Trinajstić information content (AvgIpc) is 2.99. The Morgan fingerprint density at radius 3 is 2.40 bits per heavy atom. The number of carbonyl (C=O) groups excluding carboxylic acids is 3. The molecule has 134 valence electrons. The summed E-state index contributed by atoms with van der Waals surface area (Å²) in [6.45, 7) is 0. The molecule has 6 nitrogen and oxygen atoms in total. The minimum Gasteiger partial charge on any atom is -0.370 e. The van der Waals surface area contributed by atoms with Gasteiger partial charge in [-0.05, 0) is 55.7 Å². The number of benzene rings is 1. The standard InChI is InChI=1S/C19H25N3O3/c20-16(23)5-6-17(24)21-14-3-1-4-15(11-14)22-18(25)13-7-10-19(12-13)8-2-9-19/h1,3-4,11,13H,2,5-10,12H2,(H2,20,23)(H,21,24)(H,22,25). The zero-order chi connectivity index (χ0) is 17.9. The molecule has 0 aromatic heterocycles. The molecular weight excluding hydrogens is 318 g/mol. The second kappa shape index (κ2) is 7.25. The van der Waals surface area contributed by atoms with Crippen molar-refractivity contribution in [2.45, 2.75) is 51.4 Å². The van der Waals surface area contributed by atoms with Crippen molar-refractivity contribution in [3.05, 3.63) is 24.3 Å². The van der Waals surface area contributed by atoms with E-state index >= 15 is 0 Å². The van der Waals surface area contributed by atoms with E-state index in [2.05, 4.69) is 10.6 Å². The largest absolute Gasteiger partial charge is 0.370 e. The Kier molecular flexibility index (Phi) is 5.06. The van der Waals surface area contributed by atoms with Crippen molar-refractivity contribution in [1.29, 1.82) is 0 Å². The summed E-state index contributed by atoms with van der Waals surface area (Å²) in [6, 6.07) is 7.07. The minimum atomic E-state index is -0.503. The monoisotopic (exact) mass is 343 g/mol. The predicted octanol–water partition coefficient (Wildman–Crippen LogP) is 2.80. The second-order valence-electron chi connectivity index (χ2n) is 7.38. The third-order valence-corrected chi connectivity index (χ3v) is 5.50. The Bertz CT molecular complexity index is 682. The number of rotatable bonds is 6. The van der Waals surface area contributed by atoms with Crippen LogP contribution in [0.5, 0.6) is 0 Å². The molecule has 2 aliphatic rings. The van der Waals surface area contributed by atoms with Crippen molar-refractivity contribution in [3.8, 4) is 0 Å². The fourth-order valence-corrected chi connectivity index (χ4v) is 3.94. The fourth-order valence-electron chi connectivity index (χ4n) is 3.94. The highest BCUT2D eigenvalue weighted by Crippen LogP contribution is 2.55. The van der Waals surface area contributed by atoms with Crippen LogP contribution in [0.2, 0.25) is 0 Å². The molecule has 2 aliphatic carbocycles. The summed E-state index contributed by atoms with van der Waals surface area (Å²) >= 11 is 0. The van der Waals surface area contributed by atoms with Crippen molar-refractivity contribution in [3.63, 3.8) is 0 Å². The molecule has 1 aromatic rings. The molecule has 1 spiro atoms. The average molecular weight is 343 g/mol. The van der Waals surface area contributed by atoms with E-state index in [1.54, 1.807) is 18.2 Å². The smallest absolute Gasteiger partial charge is 0.227 e. The van der Waals surface area contributed by atoms with Crippen LogP contribution in [0.4, 0.5) is 11.4 Å². The molecule has 0 bridgehead atoms. The van der Waals surface area contributed by atoms with Gasteiger partial charge in [0.05, 0.1) is 0 Å². The molecule has 0 radical (unpaired) electrons. The van der Waals surface area contributed by atoms with Crippen molar-refractivity contribution in [2.24, 2.45) is 17.1 Å². The zero-order valence-electron chi connectivity index (χ0n) is 14.3. The summed E-state index contributed by atoms with van der Waals surface area (Å²) in [6.07, 6.45) is 7.04. The summed E-state index contributed by atoms with van der Waals surface area (Å²) in [5.74, 6) is -0.614. The minimum absolute atomic E-state index is 0.0195. The lowest BCUT2D eigenvalue weighted by atomic mass is 9.67. The molecule has 25 heavy (non-hydrogen) atoms. The number of hydrogen-bond acceptors (Lipinski definition) is 3. The van der Waals surface area contributed by atoms with Crippen LogP contribution in [0.3, 0.4) is 0 Å². The Hall–Kier alpha value is -2.37. The van der Waals surface area contributed by atoms with Gasteiger partial charge in [0.1, 0.15) is 0 Å². The first-order valence-corrected chi connectivity index (χ1v) is 8.95. The van der Waals surface area contributed by atoms with Crippen molar-refractivity contribution in [1.82, 2.24) is 0 Å². The van der Waals surface area contributed by atoms with Gasteiger partial charge in [-0.1, -0.05) is 12.5 Å². The molecule has 4 N–H and O–H groups in total. The highest BCUT2D eigenvalue weighted by atomic mass is 16.2. The highest BCUT2D eigenvalue weighted by Gasteiger charge is 2.45. The maximum atomic E-state index is 12.5. The molecule has 1 unspecified atom stereocenters. The quantitative estimate of drug-likeness (QED) is 0.740. The van der Waals surface area contributed by atoms with Crippen molar-refractivity contribution in [2.75, 3.05) is 10.6 Å². The number of amides is 3. The Morgan fingerprint density at radius 2 is 1.80 bits per heavy atom. The molecule has 0 aliphatic heterocycles.